The first-order valence-corrected chi connectivity index (χ1v) is 7.98. The monoisotopic (exact) mass is 357 g/mol. The summed E-state index contributed by atoms with van der Waals surface area (Å²) in [6.07, 6.45) is -3.26. The van der Waals surface area contributed by atoms with Crippen molar-refractivity contribution in [1.29, 1.82) is 0 Å². The van der Waals surface area contributed by atoms with Gasteiger partial charge in [0, 0.05) is 17.3 Å². The maximum atomic E-state index is 13.5. The first-order valence-electron chi connectivity index (χ1n) is 7.98. The molecule has 3 N–H and O–H groups in total. The minimum absolute atomic E-state index is 0.000923. The summed E-state index contributed by atoms with van der Waals surface area (Å²) >= 11 is 0. The number of hydrazone groups is 1. The van der Waals surface area contributed by atoms with Gasteiger partial charge in [0.05, 0.1) is 11.7 Å². The summed E-state index contributed by atoms with van der Waals surface area (Å²) in [5, 5.41) is 16.2. The molecule has 136 valence electrons. The highest BCUT2D eigenvalue weighted by atomic mass is 19.4. The summed E-state index contributed by atoms with van der Waals surface area (Å²) in [5.74, 6) is 0. The van der Waals surface area contributed by atoms with Crippen LogP contribution in [-0.4, -0.2) is 35.7 Å². The predicted molar refractivity (Wildman–Crippen MR) is 84.4 cm³/mol. The molecule has 1 heterocycles. The third kappa shape index (κ3) is 4.22. The van der Waals surface area contributed by atoms with Crippen LogP contribution in [0.1, 0.15) is 36.8 Å². The van der Waals surface area contributed by atoms with Gasteiger partial charge in [-0.3, -0.25) is 0 Å². The Bertz CT molecular complexity index is 683. The number of cyclic esters (lactones) is 1. The quantitative estimate of drug-likeness (QED) is 0.777. The molecular weight excluding hydrogens is 339 g/mol. The van der Waals surface area contributed by atoms with Crippen LogP contribution >= 0.6 is 0 Å². The highest BCUT2D eigenvalue weighted by Crippen LogP contribution is 2.37. The van der Waals surface area contributed by atoms with Crippen LogP contribution in [0.25, 0.3) is 0 Å². The van der Waals surface area contributed by atoms with E-state index in [4.69, 9.17) is 4.74 Å². The zero-order valence-electron chi connectivity index (χ0n) is 13.3. The topological polar surface area (TPSA) is 83.0 Å². The van der Waals surface area contributed by atoms with Gasteiger partial charge >= 0.3 is 12.3 Å². The highest BCUT2D eigenvalue weighted by molar-refractivity contribution is 6.04. The minimum Gasteiger partial charge on any atom is -0.442 e. The average Bonchev–Trinajstić information content (AvgIpc) is 2.57. The van der Waals surface area contributed by atoms with E-state index in [0.29, 0.717) is 25.7 Å². The standard InChI is InChI=1S/C16H18F3N3O3/c17-16(18,19)12-7-9(14-8-25-15(24)22-21-14)1-6-13(12)20-10-2-4-11(23)5-3-10/h1,6-7,10-11,20,23H,2-5,8H2,(H,22,24)/t10-,11-. The molecule has 25 heavy (non-hydrogen) atoms. The van der Waals surface area contributed by atoms with Crippen LogP contribution in [0.5, 0.6) is 0 Å². The van der Waals surface area contributed by atoms with Crippen LogP contribution in [-0.2, 0) is 10.9 Å². The molecule has 1 aliphatic heterocycles. The molecule has 0 radical (unpaired) electrons. The number of carbonyl (C=O) groups is 1. The summed E-state index contributed by atoms with van der Waals surface area (Å²) in [7, 11) is 0. The Morgan fingerprint density at radius 2 is 1.96 bits per heavy atom. The number of halogens is 3. The normalized spacial score (nSPS) is 24.2. The van der Waals surface area contributed by atoms with E-state index in [0.717, 1.165) is 6.07 Å². The predicted octanol–water partition coefficient (Wildman–Crippen LogP) is 2.86. The van der Waals surface area contributed by atoms with Gasteiger partial charge in [0.25, 0.3) is 0 Å². The number of aliphatic hydroxyl groups excluding tert-OH is 1. The van der Waals surface area contributed by atoms with Crippen molar-refractivity contribution >= 4 is 17.5 Å². The van der Waals surface area contributed by atoms with Gasteiger partial charge in [0.2, 0.25) is 0 Å². The summed E-state index contributed by atoms with van der Waals surface area (Å²) in [6.45, 7) is -0.184. The lowest BCUT2D eigenvalue weighted by molar-refractivity contribution is -0.137. The van der Waals surface area contributed by atoms with E-state index < -0.39 is 17.8 Å². The van der Waals surface area contributed by atoms with E-state index in [1.807, 2.05) is 0 Å². The molecular formula is C16H18F3N3O3. The number of aliphatic hydroxyl groups is 1. The molecule has 1 saturated carbocycles. The van der Waals surface area contributed by atoms with Crippen molar-refractivity contribution in [2.24, 2.45) is 5.10 Å². The van der Waals surface area contributed by atoms with Gasteiger partial charge in [-0.2, -0.15) is 18.3 Å². The number of rotatable bonds is 3. The summed E-state index contributed by atoms with van der Waals surface area (Å²) in [6, 6.07) is 3.77. The van der Waals surface area contributed by atoms with Crippen molar-refractivity contribution in [2.45, 2.75) is 44.0 Å². The van der Waals surface area contributed by atoms with Gasteiger partial charge < -0.3 is 15.2 Å². The van der Waals surface area contributed by atoms with Gasteiger partial charge in [-0.15, -0.1) is 0 Å². The first-order chi connectivity index (χ1) is 11.8. The molecule has 0 unspecified atom stereocenters. The van der Waals surface area contributed by atoms with Crippen molar-refractivity contribution in [3.8, 4) is 0 Å². The second-order valence-electron chi connectivity index (χ2n) is 6.15. The number of ether oxygens (including phenoxy) is 1. The van der Waals surface area contributed by atoms with E-state index in [2.05, 4.69) is 15.8 Å². The van der Waals surface area contributed by atoms with Gasteiger partial charge in [-0.25, -0.2) is 10.2 Å². The lowest BCUT2D eigenvalue weighted by Gasteiger charge is -2.28. The molecule has 0 bridgehead atoms. The van der Waals surface area contributed by atoms with Crippen LogP contribution in [0, 0.1) is 0 Å². The number of carbonyl (C=O) groups excluding carboxylic acids is 1. The SMILES string of the molecule is O=C1NN=C(c2ccc(N[C@H]3CC[C@H](O)CC3)c(C(F)(F)F)c2)CO1. The lowest BCUT2D eigenvalue weighted by Crippen LogP contribution is -2.31. The third-order valence-corrected chi connectivity index (χ3v) is 4.34. The van der Waals surface area contributed by atoms with E-state index >= 15 is 0 Å². The molecule has 2 aliphatic rings. The van der Waals surface area contributed by atoms with E-state index in [-0.39, 0.29) is 35.7 Å². The van der Waals surface area contributed by atoms with Gasteiger partial charge in [0.1, 0.15) is 12.3 Å². The second kappa shape index (κ2) is 6.91. The Balaban J connectivity index is 1.84. The smallest absolute Gasteiger partial charge is 0.428 e. The Morgan fingerprint density at radius 1 is 1.24 bits per heavy atom. The molecule has 0 spiro atoms. The molecule has 1 amide bonds. The summed E-state index contributed by atoms with van der Waals surface area (Å²) in [5.41, 5.74) is 1.74. The van der Waals surface area contributed by atoms with Gasteiger partial charge in [0.15, 0.2) is 0 Å². The zero-order chi connectivity index (χ0) is 18.0. The molecule has 0 atom stereocenters. The van der Waals surface area contributed by atoms with Crippen molar-refractivity contribution in [3.63, 3.8) is 0 Å². The van der Waals surface area contributed by atoms with Crippen LogP contribution in [0.3, 0.4) is 0 Å². The maximum Gasteiger partial charge on any atom is 0.428 e. The Labute approximate surface area is 142 Å². The number of alkyl halides is 3. The van der Waals surface area contributed by atoms with Crippen molar-refractivity contribution in [2.75, 3.05) is 11.9 Å². The largest absolute Gasteiger partial charge is 0.442 e. The molecule has 1 aliphatic carbocycles. The fraction of sp³-hybridized carbons (Fsp3) is 0.500. The molecule has 3 rings (SSSR count). The number of nitrogens with one attached hydrogen (secondary N) is 2. The number of benzene rings is 1. The van der Waals surface area contributed by atoms with Gasteiger partial charge in [-0.1, -0.05) is 6.07 Å². The van der Waals surface area contributed by atoms with Crippen LogP contribution < -0.4 is 10.7 Å². The van der Waals surface area contributed by atoms with Crippen molar-refractivity contribution in [3.05, 3.63) is 29.3 Å². The first kappa shape index (κ1) is 17.5. The Hall–Kier alpha value is -2.29. The van der Waals surface area contributed by atoms with E-state index in [1.165, 1.54) is 12.1 Å². The molecule has 9 heteroatoms. The fourth-order valence-corrected chi connectivity index (χ4v) is 2.98. The van der Waals surface area contributed by atoms with Crippen molar-refractivity contribution in [1.82, 2.24) is 5.43 Å². The minimum atomic E-state index is -4.54. The van der Waals surface area contributed by atoms with Crippen molar-refractivity contribution < 1.29 is 27.8 Å². The molecule has 1 aromatic carbocycles. The molecule has 1 fully saturated rings. The third-order valence-electron chi connectivity index (χ3n) is 4.34. The summed E-state index contributed by atoms with van der Waals surface area (Å²) in [4.78, 5) is 10.9. The number of amides is 1. The molecule has 6 nitrogen and oxygen atoms in total. The second-order valence-corrected chi connectivity index (χ2v) is 6.15. The number of anilines is 1. The Morgan fingerprint density at radius 3 is 2.56 bits per heavy atom. The van der Waals surface area contributed by atoms with Crippen LogP contribution in [0.15, 0.2) is 23.3 Å². The number of hydrogen-bond donors (Lipinski definition) is 3. The van der Waals surface area contributed by atoms with E-state index in [1.54, 1.807) is 0 Å². The summed E-state index contributed by atoms with van der Waals surface area (Å²) < 4.78 is 45.1. The molecule has 0 saturated heterocycles. The molecule has 1 aromatic rings. The zero-order valence-corrected chi connectivity index (χ0v) is 13.3. The molecule has 0 aromatic heterocycles. The van der Waals surface area contributed by atoms with Crippen LogP contribution in [0.4, 0.5) is 23.7 Å². The number of nitrogens with zero attached hydrogens (tertiary/aromatic N) is 1. The number of hydrogen-bond acceptors (Lipinski definition) is 5. The fourth-order valence-electron chi connectivity index (χ4n) is 2.98. The average molecular weight is 357 g/mol. The maximum absolute atomic E-state index is 13.5. The van der Waals surface area contributed by atoms with E-state index in [9.17, 15) is 23.1 Å². The lowest BCUT2D eigenvalue weighted by atomic mass is 9.92. The van der Waals surface area contributed by atoms with Gasteiger partial charge in [-0.05, 0) is 37.8 Å². The van der Waals surface area contributed by atoms with Crippen LogP contribution in [0.2, 0.25) is 0 Å². The Kier molecular flexibility index (Phi) is 4.85. The highest BCUT2D eigenvalue weighted by Gasteiger charge is 2.35.